The van der Waals surface area contributed by atoms with Gasteiger partial charge < -0.3 is 15.0 Å². The molecule has 102 valence electrons. The standard InChI is InChI=1S/C15H21N3O/c1-5-11-8-12(6-7-14(11)19-4)15-17-13(9-16)10(2)18(15)3/h6-8H,5,9,16H2,1-4H3. The Balaban J connectivity index is 2.53. The molecule has 0 aliphatic heterocycles. The summed E-state index contributed by atoms with van der Waals surface area (Å²) in [5.41, 5.74) is 10.1. The summed E-state index contributed by atoms with van der Waals surface area (Å²) < 4.78 is 7.45. The van der Waals surface area contributed by atoms with E-state index in [1.54, 1.807) is 7.11 Å². The lowest BCUT2D eigenvalue weighted by molar-refractivity contribution is 0.410. The molecule has 2 N–H and O–H groups in total. The van der Waals surface area contributed by atoms with E-state index in [-0.39, 0.29) is 0 Å². The van der Waals surface area contributed by atoms with Crippen molar-refractivity contribution in [1.29, 1.82) is 0 Å². The number of aryl methyl sites for hydroxylation is 1. The number of ether oxygens (including phenoxy) is 1. The van der Waals surface area contributed by atoms with Gasteiger partial charge in [0.15, 0.2) is 0 Å². The van der Waals surface area contributed by atoms with Crippen molar-refractivity contribution in [3.8, 4) is 17.1 Å². The van der Waals surface area contributed by atoms with E-state index in [2.05, 4.69) is 22.5 Å². The molecule has 1 heterocycles. The second-order valence-corrected chi connectivity index (χ2v) is 4.61. The minimum Gasteiger partial charge on any atom is -0.496 e. The first-order valence-corrected chi connectivity index (χ1v) is 6.51. The van der Waals surface area contributed by atoms with Crippen molar-refractivity contribution in [1.82, 2.24) is 9.55 Å². The molecule has 0 spiro atoms. The van der Waals surface area contributed by atoms with Crippen LogP contribution in [0, 0.1) is 6.92 Å². The summed E-state index contributed by atoms with van der Waals surface area (Å²) in [6.45, 7) is 4.63. The van der Waals surface area contributed by atoms with Crippen LogP contribution in [0.15, 0.2) is 18.2 Å². The molecule has 4 nitrogen and oxygen atoms in total. The Kier molecular flexibility index (Phi) is 3.90. The van der Waals surface area contributed by atoms with Crippen molar-refractivity contribution in [2.24, 2.45) is 12.8 Å². The van der Waals surface area contributed by atoms with Crippen molar-refractivity contribution in [2.75, 3.05) is 7.11 Å². The molecule has 0 aliphatic carbocycles. The maximum atomic E-state index is 5.72. The molecule has 0 atom stereocenters. The molecule has 0 saturated heterocycles. The summed E-state index contributed by atoms with van der Waals surface area (Å²) in [6, 6.07) is 6.18. The zero-order valence-corrected chi connectivity index (χ0v) is 12.0. The largest absolute Gasteiger partial charge is 0.496 e. The highest BCUT2D eigenvalue weighted by Crippen LogP contribution is 2.27. The van der Waals surface area contributed by atoms with Gasteiger partial charge in [0.05, 0.1) is 12.8 Å². The van der Waals surface area contributed by atoms with Gasteiger partial charge in [-0.05, 0) is 37.1 Å². The molecule has 4 heteroatoms. The molecule has 0 saturated carbocycles. The number of nitrogens with two attached hydrogens (primary N) is 1. The summed E-state index contributed by atoms with van der Waals surface area (Å²) in [5, 5.41) is 0. The van der Waals surface area contributed by atoms with E-state index in [1.165, 1.54) is 5.56 Å². The molecule has 2 rings (SSSR count). The Labute approximate surface area is 114 Å². The van der Waals surface area contributed by atoms with Crippen LogP contribution in [0.5, 0.6) is 5.75 Å². The van der Waals surface area contributed by atoms with Gasteiger partial charge in [-0.25, -0.2) is 4.98 Å². The maximum Gasteiger partial charge on any atom is 0.140 e. The molecule has 0 amide bonds. The number of imidazole rings is 1. The van der Waals surface area contributed by atoms with E-state index in [0.29, 0.717) is 6.54 Å². The summed E-state index contributed by atoms with van der Waals surface area (Å²) in [4.78, 5) is 4.63. The van der Waals surface area contributed by atoms with Crippen LogP contribution in [0.3, 0.4) is 0 Å². The summed E-state index contributed by atoms with van der Waals surface area (Å²) >= 11 is 0. The summed E-state index contributed by atoms with van der Waals surface area (Å²) in [7, 11) is 3.72. The normalized spacial score (nSPS) is 10.8. The molecular weight excluding hydrogens is 238 g/mol. The lowest BCUT2D eigenvalue weighted by Crippen LogP contribution is -1.99. The van der Waals surface area contributed by atoms with Crippen molar-refractivity contribution >= 4 is 0 Å². The van der Waals surface area contributed by atoms with Crippen LogP contribution < -0.4 is 10.5 Å². The smallest absolute Gasteiger partial charge is 0.140 e. The number of hydrogen-bond acceptors (Lipinski definition) is 3. The Hall–Kier alpha value is -1.81. The fourth-order valence-corrected chi connectivity index (χ4v) is 2.28. The highest BCUT2D eigenvalue weighted by Gasteiger charge is 2.13. The van der Waals surface area contributed by atoms with Gasteiger partial charge in [-0.1, -0.05) is 6.92 Å². The third-order valence-corrected chi connectivity index (χ3v) is 3.59. The van der Waals surface area contributed by atoms with Crippen LogP contribution in [0.4, 0.5) is 0 Å². The second kappa shape index (κ2) is 5.45. The highest BCUT2D eigenvalue weighted by molar-refractivity contribution is 5.60. The zero-order chi connectivity index (χ0) is 14.0. The second-order valence-electron chi connectivity index (χ2n) is 4.61. The van der Waals surface area contributed by atoms with Gasteiger partial charge in [-0.3, -0.25) is 0 Å². The molecule has 19 heavy (non-hydrogen) atoms. The third-order valence-electron chi connectivity index (χ3n) is 3.59. The molecule has 1 aromatic carbocycles. The fourth-order valence-electron chi connectivity index (χ4n) is 2.28. The predicted molar refractivity (Wildman–Crippen MR) is 77.2 cm³/mol. The predicted octanol–water partition coefficient (Wildman–Crippen LogP) is 2.43. The first-order chi connectivity index (χ1) is 9.12. The van der Waals surface area contributed by atoms with Gasteiger partial charge >= 0.3 is 0 Å². The topological polar surface area (TPSA) is 53.1 Å². The van der Waals surface area contributed by atoms with Crippen LogP contribution in [0.25, 0.3) is 11.4 Å². The monoisotopic (exact) mass is 259 g/mol. The fraction of sp³-hybridized carbons (Fsp3) is 0.400. The lowest BCUT2D eigenvalue weighted by Gasteiger charge is -2.09. The van der Waals surface area contributed by atoms with E-state index in [4.69, 9.17) is 10.5 Å². The van der Waals surface area contributed by atoms with Crippen LogP contribution in [-0.4, -0.2) is 16.7 Å². The van der Waals surface area contributed by atoms with Crippen LogP contribution in [-0.2, 0) is 20.0 Å². The number of aromatic nitrogens is 2. The SMILES string of the molecule is CCc1cc(-c2nc(CN)c(C)n2C)ccc1OC. The third kappa shape index (κ3) is 2.36. The van der Waals surface area contributed by atoms with E-state index in [1.807, 2.05) is 26.1 Å². The molecule has 0 aliphatic rings. The minimum absolute atomic E-state index is 0.469. The molecule has 0 radical (unpaired) electrons. The number of hydrogen-bond donors (Lipinski definition) is 1. The first kappa shape index (κ1) is 13.6. The first-order valence-electron chi connectivity index (χ1n) is 6.51. The Morgan fingerprint density at radius 2 is 2.11 bits per heavy atom. The Morgan fingerprint density at radius 1 is 1.37 bits per heavy atom. The number of rotatable bonds is 4. The van der Waals surface area contributed by atoms with Crippen LogP contribution in [0.2, 0.25) is 0 Å². The van der Waals surface area contributed by atoms with Gasteiger partial charge in [0.25, 0.3) is 0 Å². The van der Waals surface area contributed by atoms with Gasteiger partial charge in [0.1, 0.15) is 11.6 Å². The molecule has 0 fully saturated rings. The van der Waals surface area contributed by atoms with Crippen molar-refractivity contribution in [3.63, 3.8) is 0 Å². The molecular formula is C15H21N3O. The number of benzene rings is 1. The van der Waals surface area contributed by atoms with Crippen LogP contribution in [0.1, 0.15) is 23.9 Å². The zero-order valence-electron chi connectivity index (χ0n) is 12.0. The van der Waals surface area contributed by atoms with Crippen molar-refractivity contribution in [3.05, 3.63) is 35.2 Å². The van der Waals surface area contributed by atoms with Gasteiger partial charge in [0, 0.05) is 24.8 Å². The van der Waals surface area contributed by atoms with Crippen molar-refractivity contribution < 1.29 is 4.74 Å². The van der Waals surface area contributed by atoms with Gasteiger partial charge in [-0.2, -0.15) is 0 Å². The molecule has 0 unspecified atom stereocenters. The van der Waals surface area contributed by atoms with Crippen LogP contribution >= 0.6 is 0 Å². The molecule has 2 aromatic rings. The Bertz CT molecular complexity index is 587. The Morgan fingerprint density at radius 3 is 2.63 bits per heavy atom. The quantitative estimate of drug-likeness (QED) is 0.917. The van der Waals surface area contributed by atoms with E-state index in [0.717, 1.165) is 34.9 Å². The highest BCUT2D eigenvalue weighted by atomic mass is 16.5. The molecule has 0 bridgehead atoms. The summed E-state index contributed by atoms with van der Waals surface area (Å²) in [5.74, 6) is 1.88. The average molecular weight is 259 g/mol. The minimum atomic E-state index is 0.469. The van der Waals surface area contributed by atoms with E-state index in [9.17, 15) is 0 Å². The van der Waals surface area contributed by atoms with E-state index < -0.39 is 0 Å². The maximum absolute atomic E-state index is 5.72. The van der Waals surface area contributed by atoms with E-state index >= 15 is 0 Å². The lowest BCUT2D eigenvalue weighted by atomic mass is 10.1. The van der Waals surface area contributed by atoms with Crippen molar-refractivity contribution in [2.45, 2.75) is 26.8 Å². The molecule has 1 aromatic heterocycles. The average Bonchev–Trinajstić information content (AvgIpc) is 2.74. The number of nitrogens with zero attached hydrogens (tertiary/aromatic N) is 2. The van der Waals surface area contributed by atoms with Gasteiger partial charge in [-0.15, -0.1) is 0 Å². The summed E-state index contributed by atoms with van der Waals surface area (Å²) in [6.07, 6.45) is 0.935. The number of methoxy groups -OCH3 is 1. The van der Waals surface area contributed by atoms with Gasteiger partial charge in [0.2, 0.25) is 0 Å².